The van der Waals surface area contributed by atoms with Gasteiger partial charge >= 0.3 is 0 Å². The van der Waals surface area contributed by atoms with Crippen molar-refractivity contribution in [3.63, 3.8) is 0 Å². The van der Waals surface area contributed by atoms with Gasteiger partial charge < -0.3 is 0 Å². The number of benzene rings is 3. The molecule has 4 rings (SSSR count). The lowest BCUT2D eigenvalue weighted by atomic mass is 9.97. The van der Waals surface area contributed by atoms with Crippen molar-refractivity contribution >= 4 is 10.8 Å². The fourth-order valence-electron chi connectivity index (χ4n) is 3.23. The zero-order valence-electron chi connectivity index (χ0n) is 15.9. The third kappa shape index (κ3) is 2.48. The number of aromatic nitrogens is 1. The molecule has 3 aromatic carbocycles. The van der Waals surface area contributed by atoms with Crippen molar-refractivity contribution in [3.05, 3.63) is 90.6 Å². The molecule has 116 valence electrons. The van der Waals surface area contributed by atoms with Crippen LogP contribution in [0.3, 0.4) is 0 Å². The molecule has 4 aromatic rings. The highest BCUT2D eigenvalue weighted by Gasteiger charge is 2.16. The number of hydrogen-bond acceptors (Lipinski definition) is 0. The van der Waals surface area contributed by atoms with Crippen molar-refractivity contribution in [2.45, 2.75) is 6.92 Å². The van der Waals surface area contributed by atoms with Crippen LogP contribution in [0.4, 0.5) is 0 Å². The molecule has 1 heterocycles. The van der Waals surface area contributed by atoms with Crippen molar-refractivity contribution in [3.8, 4) is 22.4 Å². The second kappa shape index (κ2) is 5.93. The molecule has 0 aliphatic carbocycles. The van der Waals surface area contributed by atoms with Crippen LogP contribution in [0.15, 0.2) is 85.0 Å². The molecule has 1 heteroatoms. The van der Waals surface area contributed by atoms with E-state index in [1.807, 2.05) is 32.3 Å². The number of fused-ring (bicyclic) bond motifs is 1. The van der Waals surface area contributed by atoms with Gasteiger partial charge in [-0.15, -0.1) is 0 Å². The Hall–Kier alpha value is -2.93. The average Bonchev–Trinajstić information content (AvgIpc) is 2.65. The summed E-state index contributed by atoms with van der Waals surface area (Å²) in [7, 11) is 2.01. The Morgan fingerprint density at radius 1 is 0.875 bits per heavy atom. The van der Waals surface area contributed by atoms with Gasteiger partial charge in [-0.05, 0) is 47.2 Å². The van der Waals surface area contributed by atoms with E-state index in [0.717, 1.165) is 27.6 Å². The average molecular weight is 312 g/mol. The lowest BCUT2D eigenvalue weighted by Crippen LogP contribution is -2.30. The Morgan fingerprint density at radius 3 is 2.54 bits per heavy atom. The van der Waals surface area contributed by atoms with E-state index in [0.29, 0.717) is 12.1 Å². The van der Waals surface area contributed by atoms with Crippen molar-refractivity contribution < 1.29 is 7.31 Å². The highest BCUT2D eigenvalue weighted by atomic mass is 14.9. The van der Waals surface area contributed by atoms with Crippen molar-refractivity contribution in [2.75, 3.05) is 0 Å². The molecular weight excluding hydrogens is 290 g/mol. The Bertz CT molecular complexity index is 1120. The zero-order chi connectivity index (χ0) is 18.3. The van der Waals surface area contributed by atoms with E-state index in [4.69, 9.17) is 2.74 Å². The smallest absolute Gasteiger partial charge is 0.200 e. The summed E-state index contributed by atoms with van der Waals surface area (Å²) in [5.41, 5.74) is 5.27. The molecule has 0 saturated carbocycles. The number of hydrogen-bond donors (Lipinski definition) is 0. The van der Waals surface area contributed by atoms with E-state index >= 15 is 0 Å². The third-order valence-corrected chi connectivity index (χ3v) is 4.50. The van der Waals surface area contributed by atoms with E-state index in [1.54, 1.807) is 6.07 Å². The third-order valence-electron chi connectivity index (χ3n) is 4.50. The monoisotopic (exact) mass is 312 g/mol. The summed E-state index contributed by atoms with van der Waals surface area (Å²) >= 11 is 0. The van der Waals surface area contributed by atoms with Crippen LogP contribution >= 0.6 is 0 Å². The summed E-state index contributed by atoms with van der Waals surface area (Å²) in [5.74, 6) is 0. The molecule has 0 spiro atoms. The Morgan fingerprint density at radius 2 is 1.71 bits per heavy atom. The highest BCUT2D eigenvalue weighted by molar-refractivity contribution is 5.95. The summed E-state index contributed by atoms with van der Waals surface area (Å²) < 4.78 is 18.2. The predicted molar refractivity (Wildman–Crippen MR) is 101 cm³/mol. The first-order valence-electron chi connectivity index (χ1n) is 9.10. The SMILES string of the molecule is [2H]c1cc([2H])c(C)c(-c2c3ccc(-c4ccccc4)cc3cc[n+]2C)c1. The van der Waals surface area contributed by atoms with E-state index in [2.05, 4.69) is 53.1 Å². The van der Waals surface area contributed by atoms with Crippen molar-refractivity contribution in [2.24, 2.45) is 7.05 Å². The molecule has 0 atom stereocenters. The molecule has 0 amide bonds. The van der Waals surface area contributed by atoms with Crippen LogP contribution < -0.4 is 4.57 Å². The lowest BCUT2D eigenvalue weighted by Gasteiger charge is -2.09. The van der Waals surface area contributed by atoms with Crippen molar-refractivity contribution in [1.82, 2.24) is 0 Å². The van der Waals surface area contributed by atoms with Crippen LogP contribution in [0, 0.1) is 6.92 Å². The minimum Gasteiger partial charge on any atom is -0.200 e. The number of rotatable bonds is 2. The van der Waals surface area contributed by atoms with Gasteiger partial charge in [0.15, 0.2) is 6.20 Å². The molecule has 24 heavy (non-hydrogen) atoms. The van der Waals surface area contributed by atoms with Crippen LogP contribution in [0.5, 0.6) is 0 Å². The summed E-state index contributed by atoms with van der Waals surface area (Å²) in [5, 5.41) is 2.28. The van der Waals surface area contributed by atoms with Gasteiger partial charge in [-0.2, -0.15) is 0 Å². The first-order chi connectivity index (χ1) is 12.5. The summed E-state index contributed by atoms with van der Waals surface area (Å²) in [6.07, 6.45) is 2.05. The highest BCUT2D eigenvalue weighted by Crippen LogP contribution is 2.30. The standard InChI is InChI=1S/C23H20N/c1-17-8-6-7-11-21(17)23-22-13-12-19(18-9-4-3-5-10-18)16-20(22)14-15-24(23)2/h3-16H,1-2H3/q+1/i7D,8D. The first kappa shape index (κ1) is 12.5. The minimum absolute atomic E-state index is 0.369. The Kier molecular flexibility index (Phi) is 3.09. The number of aryl methyl sites for hydroxylation is 1. The van der Waals surface area contributed by atoms with Gasteiger partial charge in [-0.3, -0.25) is 0 Å². The fraction of sp³-hybridized carbons (Fsp3) is 0.0870. The maximum Gasteiger partial charge on any atom is 0.220 e. The van der Waals surface area contributed by atoms with Gasteiger partial charge in [-0.25, -0.2) is 4.57 Å². The molecule has 0 radical (unpaired) electrons. The Labute approximate surface area is 145 Å². The molecule has 1 aromatic heterocycles. The van der Waals surface area contributed by atoms with Gasteiger partial charge in [-0.1, -0.05) is 54.5 Å². The van der Waals surface area contributed by atoms with Crippen molar-refractivity contribution in [1.29, 1.82) is 0 Å². The molecule has 0 aliphatic rings. The van der Waals surface area contributed by atoms with Gasteiger partial charge in [0.25, 0.3) is 0 Å². The minimum atomic E-state index is 0.369. The fourth-order valence-corrected chi connectivity index (χ4v) is 3.23. The molecule has 0 saturated heterocycles. The maximum atomic E-state index is 8.15. The van der Waals surface area contributed by atoms with E-state index in [1.165, 1.54) is 11.1 Å². The van der Waals surface area contributed by atoms with E-state index in [-0.39, 0.29) is 0 Å². The summed E-state index contributed by atoms with van der Waals surface area (Å²) in [6, 6.07) is 23.2. The number of pyridine rings is 1. The lowest BCUT2D eigenvalue weighted by molar-refractivity contribution is -0.659. The Balaban J connectivity index is 1.98. The van der Waals surface area contributed by atoms with Crippen LogP contribution in [0.1, 0.15) is 8.30 Å². The van der Waals surface area contributed by atoms with Gasteiger partial charge in [0.1, 0.15) is 7.05 Å². The topological polar surface area (TPSA) is 3.88 Å². The molecule has 0 unspecified atom stereocenters. The second-order valence-corrected chi connectivity index (χ2v) is 6.08. The maximum absolute atomic E-state index is 8.15. The predicted octanol–water partition coefficient (Wildman–Crippen LogP) is 5.31. The second-order valence-electron chi connectivity index (χ2n) is 6.08. The molecule has 0 bridgehead atoms. The van der Waals surface area contributed by atoms with E-state index in [9.17, 15) is 0 Å². The quantitative estimate of drug-likeness (QED) is 0.442. The largest absolute Gasteiger partial charge is 0.220 e. The van der Waals surface area contributed by atoms with Gasteiger partial charge in [0, 0.05) is 11.6 Å². The number of nitrogens with zero attached hydrogens (tertiary/aromatic N) is 1. The first-order valence-corrected chi connectivity index (χ1v) is 8.10. The van der Waals surface area contributed by atoms with Gasteiger partial charge in [0.05, 0.1) is 8.13 Å². The molecule has 0 aliphatic heterocycles. The summed E-state index contributed by atoms with van der Waals surface area (Å²) in [4.78, 5) is 0. The normalized spacial score (nSPS) is 12.1. The van der Waals surface area contributed by atoms with Crippen LogP contribution in [0.2, 0.25) is 0 Å². The van der Waals surface area contributed by atoms with Gasteiger partial charge in [0.2, 0.25) is 5.69 Å². The zero-order valence-corrected chi connectivity index (χ0v) is 13.9. The van der Waals surface area contributed by atoms with Crippen LogP contribution in [-0.2, 0) is 7.05 Å². The van der Waals surface area contributed by atoms with Crippen LogP contribution in [0.25, 0.3) is 33.2 Å². The van der Waals surface area contributed by atoms with E-state index < -0.39 is 0 Å². The summed E-state index contributed by atoms with van der Waals surface area (Å²) in [6.45, 7) is 1.95. The molecular formula is C23H20N+. The molecule has 0 fully saturated rings. The van der Waals surface area contributed by atoms with Crippen LogP contribution in [-0.4, -0.2) is 0 Å². The molecule has 1 nitrogen and oxygen atoms in total. The molecule has 0 N–H and O–H groups in total.